The van der Waals surface area contributed by atoms with Gasteiger partial charge in [-0.1, -0.05) is 31.5 Å². The number of sulfonamides is 1. The van der Waals surface area contributed by atoms with E-state index in [1.54, 1.807) is 48.7 Å². The summed E-state index contributed by atoms with van der Waals surface area (Å²) in [6.45, 7) is 9.04. The number of aromatic nitrogens is 4. The first-order valence-electron chi connectivity index (χ1n) is 24.4. The molecule has 0 bridgehead atoms. The van der Waals surface area contributed by atoms with Crippen molar-refractivity contribution in [2.75, 3.05) is 109 Å². The van der Waals surface area contributed by atoms with Gasteiger partial charge in [0.1, 0.15) is 11.7 Å². The molecule has 22 heteroatoms. The van der Waals surface area contributed by atoms with Crippen LogP contribution in [0.2, 0.25) is 0 Å². The standard InChI is InChI=1S/C48H64N10O11S/c1-2-3-17-50-48-51-32-38-43(54-58(44(38)53-48)34-9-11-35(59)12-10-34)33-7-13-36(14-8-33)70(64,65)56-21-19-55(20-22-56)23-25-67-27-29-69-31-30-68-28-26-66-24-18-49-39-6-4-5-37-42(39)47(63)57(46(37)62)40-15-16-41(60)52-45(40)61/h4-8,13-14,32,34-35,40,49,59H,2-3,9-12,15-31H2,1H3,(H,50,51,53)(H,52,60,61)/t34-,35-,40?. The monoisotopic (exact) mass is 988 g/mol. The number of nitrogens with zero attached hydrogens (tertiary/aromatic N) is 7. The molecule has 2 saturated heterocycles. The number of aliphatic hydroxyl groups is 1. The number of unbranched alkanes of at least 4 members (excludes halogenated alkanes) is 1. The van der Waals surface area contributed by atoms with Crippen molar-refractivity contribution in [1.82, 2.24) is 39.2 Å². The number of carbonyl (C=O) groups is 4. The maximum atomic E-state index is 13.7. The number of nitrogens with one attached hydrogen (secondary N) is 3. The highest BCUT2D eigenvalue weighted by atomic mass is 32.2. The van der Waals surface area contributed by atoms with Gasteiger partial charge >= 0.3 is 0 Å². The molecule has 0 radical (unpaired) electrons. The van der Waals surface area contributed by atoms with Crippen LogP contribution in [-0.4, -0.2) is 182 Å². The minimum atomic E-state index is -3.71. The minimum absolute atomic E-state index is 0.0547. The van der Waals surface area contributed by atoms with Crippen LogP contribution in [0.1, 0.15) is 85.0 Å². The third-order valence-electron chi connectivity index (χ3n) is 13.1. The third-order valence-corrected chi connectivity index (χ3v) is 15.0. The maximum absolute atomic E-state index is 13.7. The summed E-state index contributed by atoms with van der Waals surface area (Å²) in [7, 11) is -3.71. The maximum Gasteiger partial charge on any atom is 0.264 e. The average molecular weight is 989 g/mol. The molecule has 21 nitrogen and oxygen atoms in total. The van der Waals surface area contributed by atoms with Crippen LogP contribution in [0.25, 0.3) is 22.3 Å². The van der Waals surface area contributed by atoms with Crippen molar-refractivity contribution in [3.8, 4) is 11.3 Å². The summed E-state index contributed by atoms with van der Waals surface area (Å²) in [6, 6.07) is 10.9. The summed E-state index contributed by atoms with van der Waals surface area (Å²) in [4.78, 5) is 63.0. The fourth-order valence-corrected chi connectivity index (χ4v) is 10.6. The molecule has 1 atom stereocenters. The Morgan fingerprint density at radius 3 is 2.16 bits per heavy atom. The van der Waals surface area contributed by atoms with Gasteiger partial charge < -0.3 is 34.7 Å². The van der Waals surface area contributed by atoms with Crippen molar-refractivity contribution in [2.45, 2.75) is 81.4 Å². The van der Waals surface area contributed by atoms with E-state index in [1.165, 1.54) is 4.31 Å². The Balaban J connectivity index is 0.676. The quantitative estimate of drug-likeness (QED) is 0.0550. The Kier molecular flexibility index (Phi) is 17.5. The molecule has 4 aliphatic rings. The Hall–Kier alpha value is -5.46. The van der Waals surface area contributed by atoms with Crippen molar-refractivity contribution in [2.24, 2.45) is 0 Å². The number of fused-ring (bicyclic) bond motifs is 2. The van der Waals surface area contributed by atoms with Gasteiger partial charge in [-0.05, 0) is 62.8 Å². The first kappa shape index (κ1) is 50.9. The number of rotatable bonds is 25. The predicted molar refractivity (Wildman–Crippen MR) is 258 cm³/mol. The van der Waals surface area contributed by atoms with Crippen molar-refractivity contribution in [3.63, 3.8) is 0 Å². The molecule has 3 fully saturated rings. The number of imide groups is 2. The number of benzene rings is 2. The lowest BCUT2D eigenvalue weighted by atomic mass is 9.93. The van der Waals surface area contributed by atoms with Crippen molar-refractivity contribution in [1.29, 1.82) is 0 Å². The highest BCUT2D eigenvalue weighted by Gasteiger charge is 2.45. The van der Waals surface area contributed by atoms with Gasteiger partial charge in [-0.3, -0.25) is 34.3 Å². The normalized spacial score (nSPS) is 20.3. The number of anilines is 2. The fourth-order valence-electron chi connectivity index (χ4n) is 9.16. The highest BCUT2D eigenvalue weighted by molar-refractivity contribution is 7.89. The highest BCUT2D eigenvalue weighted by Crippen LogP contribution is 2.36. The van der Waals surface area contributed by atoms with Gasteiger partial charge in [0.15, 0.2) is 5.65 Å². The lowest BCUT2D eigenvalue weighted by Crippen LogP contribution is -2.54. The van der Waals surface area contributed by atoms with Gasteiger partial charge in [0.05, 0.1) is 86.4 Å². The van der Waals surface area contributed by atoms with Crippen LogP contribution in [0.15, 0.2) is 53.6 Å². The van der Waals surface area contributed by atoms with Crippen LogP contribution in [0.3, 0.4) is 0 Å². The van der Waals surface area contributed by atoms with E-state index in [-0.39, 0.29) is 41.0 Å². The van der Waals surface area contributed by atoms with Crippen molar-refractivity contribution >= 4 is 56.3 Å². The Bertz CT molecular complexity index is 2560. The largest absolute Gasteiger partial charge is 0.393 e. The van der Waals surface area contributed by atoms with E-state index in [9.17, 15) is 32.7 Å². The van der Waals surface area contributed by atoms with Gasteiger partial charge in [-0.15, -0.1) is 0 Å². The van der Waals surface area contributed by atoms with E-state index in [4.69, 9.17) is 29.0 Å². The van der Waals surface area contributed by atoms with Crippen molar-refractivity contribution < 1.29 is 51.6 Å². The summed E-state index contributed by atoms with van der Waals surface area (Å²) in [6.07, 6.45) is 6.71. The molecule has 2 aromatic carbocycles. The lowest BCUT2D eigenvalue weighted by molar-refractivity contribution is -0.136. The number of amides is 4. The zero-order valence-electron chi connectivity index (χ0n) is 39.7. The third kappa shape index (κ3) is 12.2. The first-order chi connectivity index (χ1) is 34.0. The molecule has 4 amide bonds. The second kappa shape index (κ2) is 24.1. The van der Waals surface area contributed by atoms with E-state index < -0.39 is 39.7 Å². The van der Waals surface area contributed by atoms with Gasteiger partial charge in [0, 0.05) is 69.7 Å². The van der Waals surface area contributed by atoms with Gasteiger partial charge in [0.2, 0.25) is 27.8 Å². The first-order valence-corrected chi connectivity index (χ1v) is 25.9. The SMILES string of the molecule is CCCCNc1ncc2c(-c3ccc(S(=O)(=O)N4CCN(CCOCCOCCOCCOCCNc5cccc6c5C(=O)N(C5CCC(=O)NC5=O)C6=O)CC4)cc3)nn([C@H]3CC[C@H](O)CC3)c2n1. The zero-order valence-corrected chi connectivity index (χ0v) is 40.5. The Labute approximate surface area is 407 Å². The summed E-state index contributed by atoms with van der Waals surface area (Å²) >= 11 is 0. The van der Waals surface area contributed by atoms with Crippen LogP contribution in [-0.2, 0) is 38.6 Å². The molecule has 2 aromatic heterocycles. The minimum Gasteiger partial charge on any atom is -0.393 e. The predicted octanol–water partition coefficient (Wildman–Crippen LogP) is 3.07. The van der Waals surface area contributed by atoms with Gasteiger partial charge in [0.25, 0.3) is 11.8 Å². The van der Waals surface area contributed by atoms with Crippen LogP contribution in [0.4, 0.5) is 11.6 Å². The summed E-state index contributed by atoms with van der Waals surface area (Å²) < 4.78 is 53.6. The summed E-state index contributed by atoms with van der Waals surface area (Å²) in [5.74, 6) is -1.66. The van der Waals surface area contributed by atoms with E-state index in [1.807, 2.05) is 4.68 Å². The summed E-state index contributed by atoms with van der Waals surface area (Å²) in [5, 5.41) is 24.6. The molecular formula is C48H64N10O11S. The van der Waals surface area contributed by atoms with Crippen molar-refractivity contribution in [3.05, 3.63) is 59.8 Å². The molecule has 378 valence electrons. The molecule has 4 N–H and O–H groups in total. The Morgan fingerprint density at radius 2 is 1.47 bits per heavy atom. The molecule has 1 unspecified atom stereocenters. The number of hydrogen-bond donors (Lipinski definition) is 4. The summed E-state index contributed by atoms with van der Waals surface area (Å²) in [5.41, 5.74) is 3.08. The van der Waals surface area contributed by atoms with Crippen LogP contribution in [0, 0.1) is 0 Å². The molecule has 1 saturated carbocycles. The number of piperazine rings is 1. The van der Waals surface area contributed by atoms with E-state index in [0.717, 1.165) is 53.7 Å². The molecule has 5 heterocycles. The zero-order chi connectivity index (χ0) is 49.0. The molecular weight excluding hydrogens is 925 g/mol. The van der Waals surface area contributed by atoms with Crippen LogP contribution >= 0.6 is 0 Å². The van der Waals surface area contributed by atoms with Gasteiger partial charge in [-0.25, -0.2) is 18.1 Å². The second-order valence-corrected chi connectivity index (χ2v) is 19.7. The number of carbonyl (C=O) groups excluding carboxylic acids is 4. The molecule has 0 spiro atoms. The molecule has 70 heavy (non-hydrogen) atoms. The molecule has 1 aliphatic carbocycles. The smallest absolute Gasteiger partial charge is 0.264 e. The Morgan fingerprint density at radius 1 is 0.786 bits per heavy atom. The number of ether oxygens (including phenoxy) is 4. The second-order valence-electron chi connectivity index (χ2n) is 17.8. The van der Waals surface area contributed by atoms with E-state index in [0.29, 0.717) is 122 Å². The number of aliphatic hydroxyl groups excluding tert-OH is 1. The molecule has 4 aromatic rings. The number of hydrogen-bond acceptors (Lipinski definition) is 17. The molecule has 3 aliphatic heterocycles. The van der Waals surface area contributed by atoms with Gasteiger partial charge in [-0.2, -0.15) is 14.4 Å². The van der Waals surface area contributed by atoms with Crippen LogP contribution in [0.5, 0.6) is 0 Å². The molecule has 8 rings (SSSR count). The van der Waals surface area contributed by atoms with E-state index >= 15 is 0 Å². The number of piperidine rings is 1. The van der Waals surface area contributed by atoms with Crippen LogP contribution < -0.4 is 16.0 Å². The topological polar surface area (TPSA) is 249 Å². The van der Waals surface area contributed by atoms with E-state index in [2.05, 4.69) is 32.8 Å². The lowest BCUT2D eigenvalue weighted by Gasteiger charge is -2.33. The average Bonchev–Trinajstić information content (AvgIpc) is 3.87. The fraction of sp³-hybridized carbons (Fsp3) is 0.562.